The molecule has 2 saturated heterocycles. The van der Waals surface area contributed by atoms with E-state index in [1.54, 1.807) is 11.0 Å². The second-order valence-corrected chi connectivity index (χ2v) is 7.18. The van der Waals surface area contributed by atoms with Crippen molar-refractivity contribution in [2.75, 3.05) is 54.9 Å². The van der Waals surface area contributed by atoms with Gasteiger partial charge in [-0.05, 0) is 18.9 Å². The van der Waals surface area contributed by atoms with Gasteiger partial charge in [0.1, 0.15) is 12.0 Å². The summed E-state index contributed by atoms with van der Waals surface area (Å²) in [6.07, 6.45) is 1.77. The first-order valence-electron chi connectivity index (χ1n) is 9.81. The number of halogens is 3. The van der Waals surface area contributed by atoms with E-state index >= 15 is 0 Å². The number of nitrogen functional groups attached to an aromatic ring is 1. The number of hydrogen-bond acceptors (Lipinski definition) is 8. The second kappa shape index (κ2) is 8.90. The summed E-state index contributed by atoms with van der Waals surface area (Å²) in [7, 11) is 0. The molecule has 0 spiro atoms. The van der Waals surface area contributed by atoms with Crippen molar-refractivity contribution in [3.63, 3.8) is 0 Å². The molecular formula is C19H23F3N6O2. The molecule has 4 rings (SSSR count). The molecule has 4 heterocycles. The van der Waals surface area contributed by atoms with Gasteiger partial charge in [-0.25, -0.2) is 14.4 Å². The van der Waals surface area contributed by atoms with Crippen molar-refractivity contribution in [2.45, 2.75) is 25.6 Å². The van der Waals surface area contributed by atoms with Crippen LogP contribution in [0.5, 0.6) is 5.75 Å². The third kappa shape index (κ3) is 4.66. The Morgan fingerprint density at radius 1 is 1.13 bits per heavy atom. The van der Waals surface area contributed by atoms with Gasteiger partial charge in [-0.1, -0.05) is 0 Å². The molecule has 162 valence electrons. The van der Waals surface area contributed by atoms with Crippen molar-refractivity contribution in [2.24, 2.45) is 0 Å². The fourth-order valence-electron chi connectivity index (χ4n) is 3.53. The Hall–Kier alpha value is -2.82. The highest BCUT2D eigenvalue weighted by molar-refractivity contribution is 5.68. The number of nitrogens with zero attached hydrogens (tertiary/aromatic N) is 5. The van der Waals surface area contributed by atoms with Crippen LogP contribution in [0.2, 0.25) is 0 Å². The van der Waals surface area contributed by atoms with Crippen LogP contribution in [-0.4, -0.2) is 67.1 Å². The Morgan fingerprint density at radius 3 is 2.77 bits per heavy atom. The summed E-state index contributed by atoms with van der Waals surface area (Å²) >= 11 is 0. The lowest BCUT2D eigenvalue weighted by Gasteiger charge is -2.24. The maximum Gasteiger partial charge on any atom is 0.387 e. The normalized spacial score (nSPS) is 19.9. The van der Waals surface area contributed by atoms with Crippen LogP contribution in [-0.2, 0) is 4.74 Å². The average molecular weight is 424 g/mol. The summed E-state index contributed by atoms with van der Waals surface area (Å²) < 4.78 is 49.1. The van der Waals surface area contributed by atoms with Crippen molar-refractivity contribution in [3.8, 4) is 17.0 Å². The van der Waals surface area contributed by atoms with Crippen LogP contribution in [0.25, 0.3) is 11.3 Å². The van der Waals surface area contributed by atoms with Gasteiger partial charge in [0.15, 0.2) is 11.6 Å². The predicted molar refractivity (Wildman–Crippen MR) is 106 cm³/mol. The van der Waals surface area contributed by atoms with Crippen molar-refractivity contribution in [1.82, 2.24) is 15.0 Å². The highest BCUT2D eigenvalue weighted by atomic mass is 19.3. The molecule has 30 heavy (non-hydrogen) atoms. The van der Waals surface area contributed by atoms with E-state index in [-0.39, 0.29) is 18.1 Å². The average Bonchev–Trinajstić information content (AvgIpc) is 2.98. The van der Waals surface area contributed by atoms with Crippen molar-refractivity contribution >= 4 is 17.6 Å². The summed E-state index contributed by atoms with van der Waals surface area (Å²) in [5.41, 5.74) is 6.57. The van der Waals surface area contributed by atoms with Crippen LogP contribution in [0.4, 0.5) is 30.8 Å². The largest absolute Gasteiger partial charge is 0.431 e. The van der Waals surface area contributed by atoms with Gasteiger partial charge in [-0.15, -0.1) is 0 Å². The molecule has 1 atom stereocenters. The number of ether oxygens (including phenoxy) is 2. The minimum atomic E-state index is -3.02. The van der Waals surface area contributed by atoms with E-state index in [0.717, 1.165) is 13.0 Å². The molecule has 0 aromatic carbocycles. The Labute approximate surface area is 171 Å². The summed E-state index contributed by atoms with van der Waals surface area (Å²) in [5.74, 6) is 0.687. The van der Waals surface area contributed by atoms with Crippen LogP contribution >= 0.6 is 0 Å². The van der Waals surface area contributed by atoms with Gasteiger partial charge in [0, 0.05) is 44.1 Å². The van der Waals surface area contributed by atoms with E-state index < -0.39 is 12.8 Å². The molecule has 8 nitrogen and oxygen atoms in total. The summed E-state index contributed by atoms with van der Waals surface area (Å²) in [5, 5.41) is 0. The summed E-state index contributed by atoms with van der Waals surface area (Å²) in [4.78, 5) is 17.0. The van der Waals surface area contributed by atoms with Crippen LogP contribution in [0.1, 0.15) is 12.8 Å². The lowest BCUT2D eigenvalue weighted by atomic mass is 10.2. The third-order valence-electron chi connectivity index (χ3n) is 5.05. The van der Waals surface area contributed by atoms with Crippen LogP contribution in [0.3, 0.4) is 0 Å². The van der Waals surface area contributed by atoms with Crippen molar-refractivity contribution in [1.29, 1.82) is 0 Å². The third-order valence-corrected chi connectivity index (χ3v) is 5.05. The molecule has 2 aliphatic heterocycles. The zero-order valence-corrected chi connectivity index (χ0v) is 16.3. The van der Waals surface area contributed by atoms with Gasteiger partial charge >= 0.3 is 6.61 Å². The molecular weight excluding hydrogens is 401 g/mol. The Balaban J connectivity index is 1.73. The zero-order valence-electron chi connectivity index (χ0n) is 16.3. The van der Waals surface area contributed by atoms with Crippen LogP contribution in [0.15, 0.2) is 18.3 Å². The molecule has 2 aliphatic rings. The summed E-state index contributed by atoms with van der Waals surface area (Å²) in [6.45, 7) is 0.346. The Morgan fingerprint density at radius 2 is 2.00 bits per heavy atom. The smallest absolute Gasteiger partial charge is 0.387 e. The molecule has 0 amide bonds. The predicted octanol–water partition coefficient (Wildman–Crippen LogP) is 2.50. The second-order valence-electron chi connectivity index (χ2n) is 7.18. The van der Waals surface area contributed by atoms with E-state index in [1.807, 2.05) is 0 Å². The number of rotatable bonds is 5. The fourth-order valence-corrected chi connectivity index (χ4v) is 3.53. The molecule has 0 saturated carbocycles. The first-order valence-corrected chi connectivity index (χ1v) is 9.81. The van der Waals surface area contributed by atoms with Crippen molar-refractivity contribution < 1.29 is 22.6 Å². The molecule has 0 aliphatic carbocycles. The van der Waals surface area contributed by atoms with Gasteiger partial charge in [-0.3, -0.25) is 0 Å². The van der Waals surface area contributed by atoms with Crippen molar-refractivity contribution in [3.05, 3.63) is 18.3 Å². The highest BCUT2D eigenvalue weighted by Gasteiger charge is 2.26. The van der Waals surface area contributed by atoms with E-state index in [9.17, 15) is 13.2 Å². The quantitative estimate of drug-likeness (QED) is 0.783. The monoisotopic (exact) mass is 424 g/mol. The number of hydrogen-bond donors (Lipinski definition) is 1. The molecule has 11 heteroatoms. The molecule has 2 N–H and O–H groups in total. The van der Waals surface area contributed by atoms with E-state index in [4.69, 9.17) is 10.5 Å². The lowest BCUT2D eigenvalue weighted by molar-refractivity contribution is -0.0494. The first-order chi connectivity index (χ1) is 14.5. The van der Waals surface area contributed by atoms with E-state index in [1.165, 1.54) is 12.3 Å². The number of alkyl halides is 3. The molecule has 2 aromatic rings. The van der Waals surface area contributed by atoms with Gasteiger partial charge in [-0.2, -0.15) is 13.8 Å². The molecule has 2 aromatic heterocycles. The van der Waals surface area contributed by atoms with Crippen LogP contribution < -0.4 is 20.3 Å². The number of pyridine rings is 1. The first kappa shape index (κ1) is 20.5. The Bertz CT molecular complexity index is 879. The minimum absolute atomic E-state index is 0.141. The van der Waals surface area contributed by atoms with E-state index in [0.29, 0.717) is 55.7 Å². The SMILES string of the molecule is Nc1ncc(-c2cc(N3CCCOCC3)nc(N3CC[C@H](F)C3)n2)cc1OC(F)F. The molecule has 2 fully saturated rings. The number of aromatic nitrogens is 3. The van der Waals surface area contributed by atoms with Gasteiger partial charge < -0.3 is 25.0 Å². The standard InChI is InChI=1S/C19H23F3N6O2/c20-13-2-4-28(11-13)19-25-14(9-16(26-19)27-3-1-6-29-7-5-27)12-8-15(30-18(21)22)17(23)24-10-12/h8-10,13,18H,1-7,11H2,(H2,23,24)/t13-/m0/s1. The molecule has 0 bridgehead atoms. The summed E-state index contributed by atoms with van der Waals surface area (Å²) in [6, 6.07) is 3.13. The van der Waals surface area contributed by atoms with Crippen LogP contribution in [0, 0.1) is 0 Å². The maximum atomic E-state index is 13.8. The molecule has 0 radical (unpaired) electrons. The van der Waals surface area contributed by atoms with E-state index in [2.05, 4.69) is 24.6 Å². The maximum absolute atomic E-state index is 13.8. The Kier molecular flexibility index (Phi) is 6.07. The lowest BCUT2D eigenvalue weighted by Crippen LogP contribution is -2.29. The zero-order chi connectivity index (χ0) is 21.1. The highest BCUT2D eigenvalue weighted by Crippen LogP contribution is 2.31. The van der Waals surface area contributed by atoms with Gasteiger partial charge in [0.2, 0.25) is 5.95 Å². The number of anilines is 3. The van der Waals surface area contributed by atoms with Gasteiger partial charge in [0.05, 0.1) is 18.8 Å². The topological polar surface area (TPSA) is 89.6 Å². The fraction of sp³-hybridized carbons (Fsp3) is 0.526. The number of nitrogens with two attached hydrogens (primary N) is 1. The molecule has 0 unspecified atom stereocenters. The minimum Gasteiger partial charge on any atom is -0.431 e. The van der Waals surface area contributed by atoms with Gasteiger partial charge in [0.25, 0.3) is 0 Å².